The van der Waals surface area contributed by atoms with Gasteiger partial charge in [0.25, 0.3) is 0 Å². The zero-order chi connectivity index (χ0) is 18.8. The van der Waals surface area contributed by atoms with Crippen LogP contribution in [0.3, 0.4) is 0 Å². The number of carbonyl (C=O) groups is 1. The van der Waals surface area contributed by atoms with Gasteiger partial charge in [0.05, 0.1) is 0 Å². The third-order valence-electron chi connectivity index (χ3n) is 5.36. The quantitative estimate of drug-likeness (QED) is 0.538. The first kappa shape index (κ1) is 18.1. The van der Waals surface area contributed by atoms with Gasteiger partial charge in [-0.2, -0.15) is 0 Å². The van der Waals surface area contributed by atoms with Gasteiger partial charge in [0.15, 0.2) is 5.78 Å². The largest absolute Gasteiger partial charge is 0.299 e. The second kappa shape index (κ2) is 7.79. The smallest absolute Gasteiger partial charge is 0.166 e. The third-order valence-corrected chi connectivity index (χ3v) is 5.60. The molecule has 27 heavy (non-hydrogen) atoms. The molecule has 1 saturated heterocycles. The molecular weight excluding hydrogens is 361 g/mol. The van der Waals surface area contributed by atoms with E-state index in [0.717, 1.165) is 42.9 Å². The molecule has 3 aromatic rings. The Morgan fingerprint density at radius 3 is 2.37 bits per heavy atom. The molecule has 0 unspecified atom stereocenters. The fraction of sp³-hybridized carbons (Fsp3) is 0.261. The highest BCUT2D eigenvalue weighted by molar-refractivity contribution is 6.31. The molecule has 138 valence electrons. The summed E-state index contributed by atoms with van der Waals surface area (Å²) in [5, 5.41) is 3.09. The average molecular weight is 382 g/mol. The van der Waals surface area contributed by atoms with E-state index in [9.17, 15) is 9.18 Å². The van der Waals surface area contributed by atoms with Crippen molar-refractivity contribution in [2.45, 2.75) is 19.4 Å². The molecule has 0 amide bonds. The van der Waals surface area contributed by atoms with Crippen molar-refractivity contribution >= 4 is 28.2 Å². The van der Waals surface area contributed by atoms with Crippen molar-refractivity contribution in [1.82, 2.24) is 4.90 Å². The maximum Gasteiger partial charge on any atom is 0.166 e. The van der Waals surface area contributed by atoms with Crippen LogP contribution in [0.5, 0.6) is 0 Å². The molecule has 0 aliphatic carbocycles. The molecule has 1 aliphatic rings. The van der Waals surface area contributed by atoms with Gasteiger partial charge >= 0.3 is 0 Å². The van der Waals surface area contributed by atoms with E-state index in [1.54, 1.807) is 12.1 Å². The van der Waals surface area contributed by atoms with Crippen molar-refractivity contribution in [3.63, 3.8) is 0 Å². The van der Waals surface area contributed by atoms with Crippen LogP contribution in [0.4, 0.5) is 4.39 Å². The van der Waals surface area contributed by atoms with E-state index < -0.39 is 0 Å². The number of likely N-dealkylation sites (tertiary alicyclic amines) is 1. The van der Waals surface area contributed by atoms with Crippen molar-refractivity contribution in [2.24, 2.45) is 5.92 Å². The van der Waals surface area contributed by atoms with Crippen LogP contribution in [0.15, 0.2) is 60.7 Å². The zero-order valence-electron chi connectivity index (χ0n) is 15.0. The summed E-state index contributed by atoms with van der Waals surface area (Å²) in [6, 6.07) is 18.3. The number of ketones is 1. The van der Waals surface area contributed by atoms with Crippen molar-refractivity contribution in [1.29, 1.82) is 0 Å². The first-order valence-electron chi connectivity index (χ1n) is 9.29. The third kappa shape index (κ3) is 4.20. The van der Waals surface area contributed by atoms with Crippen LogP contribution in [-0.4, -0.2) is 23.8 Å². The highest BCUT2D eigenvalue weighted by Gasteiger charge is 2.25. The monoisotopic (exact) mass is 381 g/mol. The molecular formula is C23H21ClFNO. The van der Waals surface area contributed by atoms with Crippen LogP contribution in [-0.2, 0) is 6.54 Å². The second-order valence-electron chi connectivity index (χ2n) is 7.25. The number of fused-ring (bicyclic) bond motifs is 1. The molecule has 0 bridgehead atoms. The Kier molecular flexibility index (Phi) is 5.24. The molecule has 0 radical (unpaired) electrons. The standard InChI is InChI=1S/C23H21ClFNO/c24-21-6-3-19-13-16(1-2-20(19)14-21)15-26-11-9-18(10-12-26)23(27)17-4-7-22(25)8-5-17/h1-8,13-14,18H,9-12,15H2. The maximum atomic E-state index is 13.0. The lowest BCUT2D eigenvalue weighted by Crippen LogP contribution is -2.35. The summed E-state index contributed by atoms with van der Waals surface area (Å²) in [7, 11) is 0. The lowest BCUT2D eigenvalue weighted by Gasteiger charge is -2.31. The number of carbonyl (C=O) groups excluding carboxylic acids is 1. The summed E-state index contributed by atoms with van der Waals surface area (Å²) in [6.07, 6.45) is 1.69. The molecule has 1 heterocycles. The van der Waals surface area contributed by atoms with Gasteiger partial charge in [-0.3, -0.25) is 9.69 Å². The maximum absolute atomic E-state index is 13.0. The van der Waals surface area contributed by atoms with E-state index >= 15 is 0 Å². The first-order chi connectivity index (χ1) is 13.1. The number of halogens is 2. The van der Waals surface area contributed by atoms with Gasteiger partial charge in [0.1, 0.15) is 5.82 Å². The molecule has 0 atom stereocenters. The predicted molar refractivity (Wildman–Crippen MR) is 108 cm³/mol. The fourth-order valence-corrected chi connectivity index (χ4v) is 4.01. The van der Waals surface area contributed by atoms with Crippen LogP contribution in [0.2, 0.25) is 5.02 Å². The Labute approximate surface area is 163 Å². The normalized spacial score (nSPS) is 15.9. The van der Waals surface area contributed by atoms with E-state index in [0.29, 0.717) is 5.56 Å². The lowest BCUT2D eigenvalue weighted by molar-refractivity contribution is 0.0835. The van der Waals surface area contributed by atoms with E-state index in [1.807, 2.05) is 12.1 Å². The molecule has 4 heteroatoms. The van der Waals surface area contributed by atoms with Crippen LogP contribution >= 0.6 is 11.6 Å². The molecule has 0 spiro atoms. The predicted octanol–water partition coefficient (Wildman–Crippen LogP) is 5.73. The Morgan fingerprint density at radius 2 is 1.63 bits per heavy atom. The van der Waals surface area contributed by atoms with Gasteiger partial charge < -0.3 is 0 Å². The summed E-state index contributed by atoms with van der Waals surface area (Å²) < 4.78 is 13.0. The summed E-state index contributed by atoms with van der Waals surface area (Å²) in [4.78, 5) is 15.0. The van der Waals surface area contributed by atoms with Gasteiger partial charge in [-0.1, -0.05) is 29.8 Å². The summed E-state index contributed by atoms with van der Waals surface area (Å²) in [5.41, 5.74) is 1.89. The lowest BCUT2D eigenvalue weighted by atomic mass is 9.88. The Bertz CT molecular complexity index is 962. The minimum atomic E-state index is -0.306. The SMILES string of the molecule is O=C(c1ccc(F)cc1)C1CCN(Cc2ccc3cc(Cl)ccc3c2)CC1. The van der Waals surface area contributed by atoms with E-state index in [1.165, 1.54) is 23.1 Å². The highest BCUT2D eigenvalue weighted by atomic mass is 35.5. The Balaban J connectivity index is 1.37. The van der Waals surface area contributed by atoms with Crippen molar-refractivity contribution in [3.8, 4) is 0 Å². The second-order valence-corrected chi connectivity index (χ2v) is 7.68. The zero-order valence-corrected chi connectivity index (χ0v) is 15.8. The van der Waals surface area contributed by atoms with E-state index in [-0.39, 0.29) is 17.5 Å². The van der Waals surface area contributed by atoms with Crippen molar-refractivity contribution in [2.75, 3.05) is 13.1 Å². The molecule has 1 fully saturated rings. The highest BCUT2D eigenvalue weighted by Crippen LogP contribution is 2.25. The number of benzene rings is 3. The molecule has 0 N–H and O–H groups in total. The number of hydrogen-bond acceptors (Lipinski definition) is 2. The van der Waals surface area contributed by atoms with Gasteiger partial charge in [-0.25, -0.2) is 4.39 Å². The van der Waals surface area contributed by atoms with Gasteiger partial charge in [0, 0.05) is 23.0 Å². The fourth-order valence-electron chi connectivity index (χ4n) is 3.83. The summed E-state index contributed by atoms with van der Waals surface area (Å²) >= 11 is 6.05. The van der Waals surface area contributed by atoms with Gasteiger partial charge in [0.2, 0.25) is 0 Å². The molecule has 0 saturated carbocycles. The molecule has 4 rings (SSSR count). The number of piperidine rings is 1. The van der Waals surface area contributed by atoms with E-state index in [4.69, 9.17) is 11.6 Å². The summed E-state index contributed by atoms with van der Waals surface area (Å²) in [6.45, 7) is 2.68. The van der Waals surface area contributed by atoms with Gasteiger partial charge in [-0.15, -0.1) is 0 Å². The summed E-state index contributed by atoms with van der Waals surface area (Å²) in [5.74, 6) is -0.137. The molecule has 0 aromatic heterocycles. The number of nitrogens with zero attached hydrogens (tertiary/aromatic N) is 1. The van der Waals surface area contributed by atoms with Crippen molar-refractivity contribution in [3.05, 3.63) is 82.6 Å². The minimum absolute atomic E-state index is 0.0328. The van der Waals surface area contributed by atoms with Crippen LogP contribution in [0, 0.1) is 11.7 Å². The number of hydrogen-bond donors (Lipinski definition) is 0. The molecule has 2 nitrogen and oxygen atoms in total. The minimum Gasteiger partial charge on any atom is -0.299 e. The number of rotatable bonds is 4. The van der Waals surface area contributed by atoms with Crippen LogP contribution < -0.4 is 0 Å². The van der Waals surface area contributed by atoms with Crippen LogP contribution in [0.25, 0.3) is 10.8 Å². The first-order valence-corrected chi connectivity index (χ1v) is 9.66. The van der Waals surface area contributed by atoms with E-state index in [2.05, 4.69) is 29.2 Å². The molecule has 3 aromatic carbocycles. The van der Waals surface area contributed by atoms with Gasteiger partial charge in [-0.05, 0) is 84.7 Å². The topological polar surface area (TPSA) is 20.3 Å². The van der Waals surface area contributed by atoms with Crippen molar-refractivity contribution < 1.29 is 9.18 Å². The molecule has 1 aliphatic heterocycles. The van der Waals surface area contributed by atoms with Crippen LogP contribution in [0.1, 0.15) is 28.8 Å². The Morgan fingerprint density at radius 1 is 0.963 bits per heavy atom. The number of Topliss-reactive ketones (excluding diaryl/α,β-unsaturated/α-hetero) is 1. The Hall–Kier alpha value is -2.23. The average Bonchev–Trinajstić information content (AvgIpc) is 2.69.